The Balaban J connectivity index is 2.54. The average molecular weight is 255 g/mol. The molecule has 1 aliphatic rings. The summed E-state index contributed by atoms with van der Waals surface area (Å²) in [4.78, 5) is 0. The lowest BCUT2D eigenvalue weighted by molar-refractivity contribution is 0.547. The van der Waals surface area contributed by atoms with Gasteiger partial charge in [0.25, 0.3) is 0 Å². The van der Waals surface area contributed by atoms with E-state index in [1.807, 2.05) is 6.08 Å². The molecule has 0 radical (unpaired) electrons. The van der Waals surface area contributed by atoms with E-state index in [1.54, 1.807) is 0 Å². The summed E-state index contributed by atoms with van der Waals surface area (Å²) in [6.07, 6.45) is 13.9. The van der Waals surface area contributed by atoms with Gasteiger partial charge in [-0.05, 0) is 12.0 Å². The van der Waals surface area contributed by atoms with E-state index < -0.39 is 0 Å². The molecule has 1 aromatic rings. The van der Waals surface area contributed by atoms with Crippen molar-refractivity contribution in [2.45, 2.75) is 27.7 Å². The molecule has 0 aromatic carbocycles. The Bertz CT molecular complexity index is 568. The van der Waals surface area contributed by atoms with E-state index in [9.17, 15) is 0 Å². The van der Waals surface area contributed by atoms with Crippen LogP contribution in [0.2, 0.25) is 0 Å². The Morgan fingerprint density at radius 1 is 1.21 bits per heavy atom. The summed E-state index contributed by atoms with van der Waals surface area (Å²) in [5.74, 6) is 1.94. The molecule has 1 aliphatic carbocycles. The van der Waals surface area contributed by atoms with Crippen LogP contribution in [0, 0.1) is 16.7 Å². The van der Waals surface area contributed by atoms with E-state index in [-0.39, 0.29) is 5.41 Å². The van der Waals surface area contributed by atoms with Crippen LogP contribution in [-0.4, -0.2) is 6.21 Å². The number of rotatable bonds is 3. The van der Waals surface area contributed by atoms with Crippen LogP contribution in [0.1, 0.15) is 50.3 Å². The molecule has 0 saturated heterocycles. The van der Waals surface area contributed by atoms with Gasteiger partial charge in [-0.25, -0.2) is 0 Å². The van der Waals surface area contributed by atoms with Gasteiger partial charge in [-0.2, -0.15) is 0 Å². The summed E-state index contributed by atoms with van der Waals surface area (Å²) in [6.45, 7) is 8.59. The van der Waals surface area contributed by atoms with Crippen molar-refractivity contribution in [3.05, 3.63) is 40.9 Å². The first-order valence-corrected chi connectivity index (χ1v) is 6.67. The molecule has 0 aliphatic heterocycles. The predicted octanol–water partition coefficient (Wildman–Crippen LogP) is 5.01. The first-order chi connectivity index (χ1) is 8.93. The maximum atomic E-state index is 7.48. The van der Waals surface area contributed by atoms with E-state index in [0.29, 0.717) is 11.7 Å². The number of hydrogen-bond donors (Lipinski definition) is 1. The average Bonchev–Trinajstić information content (AvgIpc) is 2.61. The first-order valence-electron chi connectivity index (χ1n) is 6.67. The Morgan fingerprint density at radius 3 is 2.53 bits per heavy atom. The van der Waals surface area contributed by atoms with Crippen molar-refractivity contribution in [2.75, 3.05) is 0 Å². The molecule has 0 atom stereocenters. The first kappa shape index (κ1) is 13.6. The molecule has 1 aromatic heterocycles. The molecule has 2 rings (SSSR count). The van der Waals surface area contributed by atoms with Gasteiger partial charge in [-0.3, -0.25) is 0 Å². The molecule has 100 valence electrons. The molecule has 0 saturated carbocycles. The molecule has 1 heterocycles. The van der Waals surface area contributed by atoms with Gasteiger partial charge in [0.2, 0.25) is 0 Å². The molecule has 19 heavy (non-hydrogen) atoms. The van der Waals surface area contributed by atoms with E-state index in [1.165, 1.54) is 6.21 Å². The zero-order chi connectivity index (χ0) is 14.0. The van der Waals surface area contributed by atoms with Gasteiger partial charge in [-0.15, -0.1) is 0 Å². The lowest BCUT2D eigenvalue weighted by Gasteiger charge is -2.12. The van der Waals surface area contributed by atoms with E-state index in [4.69, 9.17) is 9.83 Å². The summed E-state index contributed by atoms with van der Waals surface area (Å²) in [7, 11) is 0. The van der Waals surface area contributed by atoms with Crippen LogP contribution in [0.3, 0.4) is 0 Å². The van der Waals surface area contributed by atoms with Crippen LogP contribution in [0.5, 0.6) is 0 Å². The number of furan rings is 1. The van der Waals surface area contributed by atoms with Gasteiger partial charge in [0.1, 0.15) is 5.76 Å². The van der Waals surface area contributed by atoms with Gasteiger partial charge in [0.05, 0.1) is 6.21 Å². The molecular formula is C17H21NO. The standard InChI is InChI=1S/C17H21NO/c1-12(2)5-6-13-14-7-9-17(3,4)10-8-15(14)19-16(13)11-18/h5-12,18H,1-4H3/b6-5-,18-11?. The zero-order valence-electron chi connectivity index (χ0n) is 12.0. The van der Waals surface area contributed by atoms with Crippen LogP contribution in [0.4, 0.5) is 0 Å². The third kappa shape index (κ3) is 2.95. The van der Waals surface area contributed by atoms with Gasteiger partial charge in [0, 0.05) is 16.5 Å². The molecule has 0 fully saturated rings. The molecule has 0 unspecified atom stereocenters. The monoisotopic (exact) mass is 255 g/mol. The third-order valence-electron chi connectivity index (χ3n) is 3.16. The summed E-state index contributed by atoms with van der Waals surface area (Å²) in [6, 6.07) is 0. The maximum Gasteiger partial charge on any atom is 0.152 e. The minimum absolute atomic E-state index is 0.0331. The number of nitrogens with one attached hydrogen (secondary N) is 1. The van der Waals surface area contributed by atoms with Crippen LogP contribution < -0.4 is 0 Å². The second kappa shape index (κ2) is 5.04. The van der Waals surface area contributed by atoms with Crippen LogP contribution in [-0.2, 0) is 0 Å². The summed E-state index contributed by atoms with van der Waals surface area (Å²) in [5.41, 5.74) is 2.10. The molecule has 1 N–H and O–H groups in total. The van der Waals surface area contributed by atoms with E-state index in [0.717, 1.165) is 16.9 Å². The zero-order valence-corrected chi connectivity index (χ0v) is 12.0. The van der Waals surface area contributed by atoms with Crippen molar-refractivity contribution < 1.29 is 4.42 Å². The van der Waals surface area contributed by atoms with Gasteiger partial charge < -0.3 is 9.83 Å². The topological polar surface area (TPSA) is 37.0 Å². The van der Waals surface area contributed by atoms with Gasteiger partial charge in [-0.1, -0.05) is 58.1 Å². The molecule has 2 heteroatoms. The molecular weight excluding hydrogens is 234 g/mol. The SMILES string of the molecule is CC(C)/C=C\c1c(C=N)oc2c1C=CC(C)(C)C=C2. The van der Waals surface area contributed by atoms with Crippen LogP contribution in [0.25, 0.3) is 18.2 Å². The fourth-order valence-corrected chi connectivity index (χ4v) is 2.00. The predicted molar refractivity (Wildman–Crippen MR) is 82.3 cm³/mol. The second-order valence-corrected chi connectivity index (χ2v) is 5.89. The summed E-state index contributed by atoms with van der Waals surface area (Å²) in [5, 5.41) is 7.48. The number of hydrogen-bond acceptors (Lipinski definition) is 2. The summed E-state index contributed by atoms with van der Waals surface area (Å²) < 4.78 is 5.76. The Hall–Kier alpha value is -1.83. The lowest BCUT2D eigenvalue weighted by Crippen LogP contribution is -2.00. The van der Waals surface area contributed by atoms with Crippen molar-refractivity contribution in [1.29, 1.82) is 5.41 Å². The van der Waals surface area contributed by atoms with Crippen molar-refractivity contribution in [2.24, 2.45) is 11.3 Å². The minimum atomic E-state index is 0.0331. The second-order valence-electron chi connectivity index (χ2n) is 5.89. The quantitative estimate of drug-likeness (QED) is 0.757. The normalized spacial score (nSPS) is 16.9. The maximum absolute atomic E-state index is 7.48. The number of allylic oxidation sites excluding steroid dienone is 3. The molecule has 0 bridgehead atoms. The van der Waals surface area contributed by atoms with Crippen LogP contribution in [0.15, 0.2) is 22.6 Å². The van der Waals surface area contributed by atoms with E-state index >= 15 is 0 Å². The highest BCUT2D eigenvalue weighted by Gasteiger charge is 2.19. The van der Waals surface area contributed by atoms with Gasteiger partial charge in [0.15, 0.2) is 5.76 Å². The Morgan fingerprint density at radius 2 is 1.89 bits per heavy atom. The van der Waals surface area contributed by atoms with Crippen molar-refractivity contribution in [1.82, 2.24) is 0 Å². The van der Waals surface area contributed by atoms with Crippen LogP contribution >= 0.6 is 0 Å². The highest BCUT2D eigenvalue weighted by atomic mass is 16.3. The fraction of sp³-hybridized carbons (Fsp3) is 0.353. The van der Waals surface area contributed by atoms with E-state index in [2.05, 4.69) is 58.1 Å². The molecule has 2 nitrogen and oxygen atoms in total. The minimum Gasteiger partial charge on any atom is -0.454 e. The summed E-state index contributed by atoms with van der Waals surface area (Å²) >= 11 is 0. The Labute approximate surface area is 115 Å². The Kier molecular flexibility index (Phi) is 3.61. The fourth-order valence-electron chi connectivity index (χ4n) is 2.00. The molecule has 0 amide bonds. The van der Waals surface area contributed by atoms with Crippen molar-refractivity contribution in [3.63, 3.8) is 0 Å². The van der Waals surface area contributed by atoms with Gasteiger partial charge >= 0.3 is 0 Å². The third-order valence-corrected chi connectivity index (χ3v) is 3.16. The van der Waals surface area contributed by atoms with Crippen molar-refractivity contribution in [3.8, 4) is 0 Å². The highest BCUT2D eigenvalue weighted by molar-refractivity contribution is 5.86. The smallest absolute Gasteiger partial charge is 0.152 e. The number of fused-ring (bicyclic) bond motifs is 1. The largest absolute Gasteiger partial charge is 0.454 e. The highest BCUT2D eigenvalue weighted by Crippen LogP contribution is 2.33. The molecule has 0 spiro atoms. The van der Waals surface area contributed by atoms with Crippen molar-refractivity contribution >= 4 is 24.4 Å². The lowest BCUT2D eigenvalue weighted by atomic mass is 9.93.